The summed E-state index contributed by atoms with van der Waals surface area (Å²) < 4.78 is 32.7. The van der Waals surface area contributed by atoms with Gasteiger partial charge in [0.1, 0.15) is 11.6 Å². The predicted molar refractivity (Wildman–Crippen MR) is 97.6 cm³/mol. The molecule has 8 heteroatoms. The van der Waals surface area contributed by atoms with Crippen molar-refractivity contribution in [2.45, 2.75) is 6.54 Å². The molecular formula is C20H14F2N4O2. The van der Waals surface area contributed by atoms with Crippen molar-refractivity contribution < 1.29 is 18.1 Å². The van der Waals surface area contributed by atoms with E-state index < -0.39 is 5.91 Å². The fourth-order valence-corrected chi connectivity index (χ4v) is 2.62. The van der Waals surface area contributed by atoms with Gasteiger partial charge < -0.3 is 9.84 Å². The lowest BCUT2D eigenvalue weighted by Crippen LogP contribution is -2.11. The number of carbonyl (C=O) groups excluding carboxylic acids is 1. The first-order valence-electron chi connectivity index (χ1n) is 8.38. The number of benzene rings is 2. The van der Waals surface area contributed by atoms with Crippen molar-refractivity contribution in [1.29, 1.82) is 0 Å². The molecule has 0 fully saturated rings. The zero-order valence-corrected chi connectivity index (χ0v) is 14.5. The Bertz CT molecular complexity index is 1100. The number of rotatable bonds is 5. The Hall–Kier alpha value is -3.81. The molecule has 0 saturated heterocycles. The van der Waals surface area contributed by atoms with Crippen LogP contribution in [0.5, 0.6) is 0 Å². The van der Waals surface area contributed by atoms with Gasteiger partial charge in [-0.15, -0.1) is 0 Å². The molecule has 1 amide bonds. The molecule has 0 aliphatic heterocycles. The summed E-state index contributed by atoms with van der Waals surface area (Å²) in [7, 11) is 0. The molecule has 1 N–H and O–H groups in total. The van der Waals surface area contributed by atoms with Crippen LogP contribution in [-0.2, 0) is 6.54 Å². The van der Waals surface area contributed by atoms with Gasteiger partial charge in [0.15, 0.2) is 11.5 Å². The number of hydrogen-bond acceptors (Lipinski definition) is 4. The standard InChI is InChI=1S/C20H14F2N4O2/c21-15-5-1-13(2-6-15)11-26-12-17(10-23-26)24-20(27)18-9-19(28-25-18)14-3-7-16(22)8-4-14/h1-10,12H,11H2,(H,24,27). The van der Waals surface area contributed by atoms with Crippen LogP contribution >= 0.6 is 0 Å². The predicted octanol–water partition coefficient (Wildman–Crippen LogP) is 4.12. The highest BCUT2D eigenvalue weighted by atomic mass is 19.1. The molecule has 140 valence electrons. The van der Waals surface area contributed by atoms with Crippen LogP contribution in [0.15, 0.2) is 71.5 Å². The summed E-state index contributed by atoms with van der Waals surface area (Å²) in [5, 5.41) is 10.6. The number of carbonyl (C=O) groups is 1. The quantitative estimate of drug-likeness (QED) is 0.565. The van der Waals surface area contributed by atoms with Gasteiger partial charge in [-0.05, 0) is 42.0 Å². The third-order valence-corrected chi connectivity index (χ3v) is 4.02. The largest absolute Gasteiger partial charge is 0.355 e. The van der Waals surface area contributed by atoms with Crippen molar-refractivity contribution in [2.75, 3.05) is 5.32 Å². The number of nitrogens with one attached hydrogen (secondary N) is 1. The maximum absolute atomic E-state index is 13.0. The zero-order chi connectivity index (χ0) is 19.5. The minimum Gasteiger partial charge on any atom is -0.355 e. The van der Waals surface area contributed by atoms with Crippen LogP contribution in [0.1, 0.15) is 16.1 Å². The molecule has 28 heavy (non-hydrogen) atoms. The van der Waals surface area contributed by atoms with E-state index in [1.54, 1.807) is 23.0 Å². The van der Waals surface area contributed by atoms with Crippen molar-refractivity contribution >= 4 is 11.6 Å². The molecule has 4 rings (SSSR count). The van der Waals surface area contributed by atoms with Crippen LogP contribution in [0.2, 0.25) is 0 Å². The molecule has 0 unspecified atom stereocenters. The van der Waals surface area contributed by atoms with E-state index >= 15 is 0 Å². The van der Waals surface area contributed by atoms with E-state index in [0.29, 0.717) is 23.6 Å². The maximum Gasteiger partial charge on any atom is 0.277 e. The van der Waals surface area contributed by atoms with Gasteiger partial charge >= 0.3 is 0 Å². The van der Waals surface area contributed by atoms with Crippen molar-refractivity contribution in [3.05, 3.63) is 89.9 Å². The first-order chi connectivity index (χ1) is 13.6. The average Bonchev–Trinajstić information content (AvgIpc) is 3.34. The molecule has 0 aliphatic carbocycles. The SMILES string of the molecule is O=C(Nc1cnn(Cc2ccc(F)cc2)c1)c1cc(-c2ccc(F)cc2)on1. The molecule has 2 aromatic heterocycles. The second kappa shape index (κ2) is 7.43. The van der Waals surface area contributed by atoms with Crippen molar-refractivity contribution in [2.24, 2.45) is 0 Å². The summed E-state index contributed by atoms with van der Waals surface area (Å²) in [5.41, 5.74) is 2.06. The van der Waals surface area contributed by atoms with E-state index in [1.165, 1.54) is 48.7 Å². The minimum absolute atomic E-state index is 0.0885. The molecule has 0 radical (unpaired) electrons. The summed E-state index contributed by atoms with van der Waals surface area (Å²) in [6.07, 6.45) is 3.16. The topological polar surface area (TPSA) is 73.0 Å². The molecule has 2 heterocycles. The lowest BCUT2D eigenvalue weighted by molar-refractivity contribution is 0.101. The molecule has 0 saturated carbocycles. The number of halogens is 2. The van der Waals surface area contributed by atoms with Crippen LogP contribution in [0.3, 0.4) is 0 Å². The lowest BCUT2D eigenvalue weighted by atomic mass is 10.1. The molecule has 0 aliphatic rings. The van der Waals surface area contributed by atoms with Gasteiger partial charge in [0.25, 0.3) is 5.91 Å². The number of amides is 1. The summed E-state index contributed by atoms with van der Waals surface area (Å²) >= 11 is 0. The van der Waals surface area contributed by atoms with Gasteiger partial charge in [0, 0.05) is 17.8 Å². The smallest absolute Gasteiger partial charge is 0.277 e. The highest BCUT2D eigenvalue weighted by molar-refractivity contribution is 6.03. The fourth-order valence-electron chi connectivity index (χ4n) is 2.62. The third kappa shape index (κ3) is 3.96. The van der Waals surface area contributed by atoms with E-state index in [4.69, 9.17) is 4.52 Å². The highest BCUT2D eigenvalue weighted by Crippen LogP contribution is 2.21. The Balaban J connectivity index is 1.42. The fraction of sp³-hybridized carbons (Fsp3) is 0.0500. The Morgan fingerprint density at radius 1 is 1.04 bits per heavy atom. The minimum atomic E-state index is -0.460. The average molecular weight is 380 g/mol. The summed E-state index contributed by atoms with van der Waals surface area (Å²) in [6.45, 7) is 0.439. The summed E-state index contributed by atoms with van der Waals surface area (Å²) in [4.78, 5) is 12.3. The number of aromatic nitrogens is 3. The lowest BCUT2D eigenvalue weighted by Gasteiger charge is -2.01. The third-order valence-electron chi connectivity index (χ3n) is 4.02. The van der Waals surface area contributed by atoms with Gasteiger partial charge in [0.2, 0.25) is 0 Å². The molecule has 0 atom stereocenters. The number of hydrogen-bond donors (Lipinski definition) is 1. The maximum atomic E-state index is 13.0. The van der Waals surface area contributed by atoms with Crippen LogP contribution in [-0.4, -0.2) is 20.8 Å². The van der Waals surface area contributed by atoms with Gasteiger partial charge in [-0.2, -0.15) is 5.10 Å². The molecule has 6 nitrogen and oxygen atoms in total. The number of nitrogens with zero attached hydrogens (tertiary/aromatic N) is 3. The van der Waals surface area contributed by atoms with E-state index in [9.17, 15) is 13.6 Å². The van der Waals surface area contributed by atoms with Crippen LogP contribution < -0.4 is 5.32 Å². The van der Waals surface area contributed by atoms with E-state index in [0.717, 1.165) is 5.56 Å². The highest BCUT2D eigenvalue weighted by Gasteiger charge is 2.15. The summed E-state index contributed by atoms with van der Waals surface area (Å²) in [6, 6.07) is 13.2. The Labute approximate surface area is 158 Å². The van der Waals surface area contributed by atoms with Gasteiger partial charge in [-0.1, -0.05) is 17.3 Å². The van der Waals surface area contributed by atoms with Gasteiger partial charge in [-0.3, -0.25) is 9.48 Å². The molecule has 0 spiro atoms. The summed E-state index contributed by atoms with van der Waals surface area (Å²) in [5.74, 6) is -0.765. The molecule has 4 aromatic rings. The Morgan fingerprint density at radius 3 is 2.43 bits per heavy atom. The van der Waals surface area contributed by atoms with Crippen LogP contribution in [0, 0.1) is 11.6 Å². The second-order valence-corrected chi connectivity index (χ2v) is 6.09. The van der Waals surface area contributed by atoms with Crippen molar-refractivity contribution in [3.63, 3.8) is 0 Å². The van der Waals surface area contributed by atoms with E-state index in [-0.39, 0.29) is 17.3 Å². The first-order valence-corrected chi connectivity index (χ1v) is 8.38. The Morgan fingerprint density at radius 2 is 1.71 bits per heavy atom. The van der Waals surface area contributed by atoms with Crippen molar-refractivity contribution in [1.82, 2.24) is 14.9 Å². The monoisotopic (exact) mass is 380 g/mol. The number of anilines is 1. The first kappa shape index (κ1) is 17.6. The van der Waals surface area contributed by atoms with E-state index in [1.807, 2.05) is 0 Å². The second-order valence-electron chi connectivity index (χ2n) is 6.09. The molecular weight excluding hydrogens is 366 g/mol. The van der Waals surface area contributed by atoms with Crippen molar-refractivity contribution in [3.8, 4) is 11.3 Å². The zero-order valence-electron chi connectivity index (χ0n) is 14.5. The van der Waals surface area contributed by atoms with Gasteiger partial charge in [0.05, 0.1) is 18.4 Å². The Kier molecular flexibility index (Phi) is 4.67. The molecule has 2 aromatic carbocycles. The normalized spacial score (nSPS) is 10.8. The van der Waals surface area contributed by atoms with Crippen LogP contribution in [0.4, 0.5) is 14.5 Å². The van der Waals surface area contributed by atoms with Crippen LogP contribution in [0.25, 0.3) is 11.3 Å². The van der Waals surface area contributed by atoms with Gasteiger partial charge in [-0.25, -0.2) is 8.78 Å². The van der Waals surface area contributed by atoms with E-state index in [2.05, 4.69) is 15.6 Å². The molecule has 0 bridgehead atoms.